The molecule has 12 heteroatoms. The van der Waals surface area contributed by atoms with Gasteiger partial charge in [0.25, 0.3) is 0 Å². The zero-order chi connectivity index (χ0) is 31.7. The predicted octanol–water partition coefficient (Wildman–Crippen LogP) is 5.89. The molecule has 4 unspecified atom stereocenters. The van der Waals surface area contributed by atoms with E-state index in [1.807, 2.05) is 27.7 Å². The molecule has 1 aromatic carbocycles. The molecule has 5 atom stereocenters. The molecule has 0 bridgehead atoms. The van der Waals surface area contributed by atoms with Gasteiger partial charge in [-0.2, -0.15) is 0 Å². The normalized spacial score (nSPS) is 15.2. The van der Waals surface area contributed by atoms with Gasteiger partial charge in [-0.3, -0.25) is 4.79 Å². The number of hydrogen-bond acceptors (Lipinski definition) is 11. The van der Waals surface area contributed by atoms with Crippen LogP contribution in [0.25, 0.3) is 0 Å². The van der Waals surface area contributed by atoms with Crippen LogP contribution in [0.1, 0.15) is 80.7 Å². The standard InChI is InChI=1S/C29H45NO11/c1-15(2)18(6)37-27(34)39-21-12-11-20(13-22(21)40-28(35)38-19(7)16(3)4)23(24(30)25(31)32)17(5)14-36-26(33)41-29(8,9)10/h11-13,15-19,23-24H,14,30H2,1-10H3,(H,31,32)/t17?,18?,19?,23?,24-/m0/s1. The molecule has 0 radical (unpaired) electrons. The van der Waals surface area contributed by atoms with Crippen molar-refractivity contribution >= 4 is 24.4 Å². The van der Waals surface area contributed by atoms with Crippen LogP contribution in [0, 0.1) is 17.8 Å². The van der Waals surface area contributed by atoms with Crippen LogP contribution in [0.15, 0.2) is 18.2 Å². The lowest BCUT2D eigenvalue weighted by Gasteiger charge is -2.28. The zero-order valence-electron chi connectivity index (χ0n) is 25.6. The van der Waals surface area contributed by atoms with E-state index in [0.29, 0.717) is 5.56 Å². The van der Waals surface area contributed by atoms with Crippen molar-refractivity contribution in [3.8, 4) is 11.5 Å². The van der Waals surface area contributed by atoms with Crippen LogP contribution in [0.5, 0.6) is 11.5 Å². The largest absolute Gasteiger partial charge is 0.514 e. The smallest absolute Gasteiger partial charge is 0.480 e. The highest BCUT2D eigenvalue weighted by atomic mass is 16.8. The summed E-state index contributed by atoms with van der Waals surface area (Å²) in [5.41, 5.74) is 5.58. The van der Waals surface area contributed by atoms with Gasteiger partial charge in [-0.15, -0.1) is 0 Å². The summed E-state index contributed by atoms with van der Waals surface area (Å²) < 4.78 is 31.6. The summed E-state index contributed by atoms with van der Waals surface area (Å²) in [6.45, 7) is 17.3. The fourth-order valence-electron chi connectivity index (χ4n) is 3.33. The van der Waals surface area contributed by atoms with Crippen molar-refractivity contribution in [1.29, 1.82) is 0 Å². The predicted molar refractivity (Wildman–Crippen MR) is 149 cm³/mol. The molecule has 1 aromatic rings. The molecule has 0 aliphatic heterocycles. The third-order valence-corrected chi connectivity index (χ3v) is 6.32. The monoisotopic (exact) mass is 583 g/mol. The Balaban J connectivity index is 3.40. The minimum atomic E-state index is -1.43. The van der Waals surface area contributed by atoms with Crippen molar-refractivity contribution < 1.29 is 52.7 Å². The highest BCUT2D eigenvalue weighted by Crippen LogP contribution is 2.36. The van der Waals surface area contributed by atoms with Gasteiger partial charge in [0.15, 0.2) is 11.5 Å². The number of carbonyl (C=O) groups excluding carboxylic acids is 3. The van der Waals surface area contributed by atoms with Crippen LogP contribution in [0.4, 0.5) is 14.4 Å². The Hall–Kier alpha value is -3.54. The number of aliphatic carboxylic acids is 1. The molecule has 12 nitrogen and oxygen atoms in total. The fraction of sp³-hybridized carbons (Fsp3) is 0.655. The number of carboxylic acid groups (broad SMARTS) is 1. The zero-order valence-corrected chi connectivity index (χ0v) is 25.6. The summed E-state index contributed by atoms with van der Waals surface area (Å²) in [6.07, 6.45) is -3.93. The lowest BCUT2D eigenvalue weighted by atomic mass is 9.82. The molecule has 0 saturated heterocycles. The van der Waals surface area contributed by atoms with Crippen molar-refractivity contribution in [2.45, 2.75) is 99.0 Å². The van der Waals surface area contributed by atoms with Gasteiger partial charge >= 0.3 is 24.4 Å². The molecule has 0 heterocycles. The van der Waals surface area contributed by atoms with Crippen LogP contribution in [0.2, 0.25) is 0 Å². The number of benzene rings is 1. The summed E-state index contributed by atoms with van der Waals surface area (Å²) in [4.78, 5) is 49.0. The fourth-order valence-corrected chi connectivity index (χ4v) is 3.33. The van der Waals surface area contributed by atoms with Crippen molar-refractivity contribution in [2.75, 3.05) is 6.61 Å². The van der Waals surface area contributed by atoms with E-state index in [-0.39, 0.29) is 29.9 Å². The number of hydrogen-bond donors (Lipinski definition) is 2. The van der Waals surface area contributed by atoms with E-state index in [4.69, 9.17) is 34.2 Å². The van der Waals surface area contributed by atoms with Crippen molar-refractivity contribution in [3.63, 3.8) is 0 Å². The molecule has 0 spiro atoms. The Morgan fingerprint density at radius 2 is 1.29 bits per heavy atom. The van der Waals surface area contributed by atoms with Gasteiger partial charge in [0.2, 0.25) is 0 Å². The number of carbonyl (C=O) groups is 4. The van der Waals surface area contributed by atoms with Gasteiger partial charge in [0, 0.05) is 5.92 Å². The average Bonchev–Trinajstić information content (AvgIpc) is 2.82. The third kappa shape index (κ3) is 12.2. The molecule has 0 fully saturated rings. The molecule has 0 aliphatic carbocycles. The van der Waals surface area contributed by atoms with Gasteiger partial charge in [-0.05, 0) is 70.1 Å². The Morgan fingerprint density at radius 1 is 0.805 bits per heavy atom. The van der Waals surface area contributed by atoms with E-state index < -0.39 is 60.1 Å². The average molecular weight is 584 g/mol. The van der Waals surface area contributed by atoms with E-state index in [2.05, 4.69) is 0 Å². The lowest BCUT2D eigenvalue weighted by Crippen LogP contribution is -2.41. The van der Waals surface area contributed by atoms with Crippen molar-refractivity contribution in [1.82, 2.24) is 0 Å². The van der Waals surface area contributed by atoms with Gasteiger partial charge in [-0.1, -0.05) is 40.7 Å². The summed E-state index contributed by atoms with van der Waals surface area (Å²) in [5, 5.41) is 9.71. The molecule has 232 valence electrons. The molecule has 41 heavy (non-hydrogen) atoms. The first-order chi connectivity index (χ1) is 18.8. The molecular formula is C29H45NO11. The molecule has 0 amide bonds. The van der Waals surface area contributed by atoms with Crippen LogP contribution in [-0.4, -0.2) is 60.0 Å². The van der Waals surface area contributed by atoms with Gasteiger partial charge in [-0.25, -0.2) is 14.4 Å². The highest BCUT2D eigenvalue weighted by molar-refractivity contribution is 5.75. The van der Waals surface area contributed by atoms with Crippen LogP contribution < -0.4 is 15.2 Å². The number of ether oxygens (including phenoxy) is 6. The highest BCUT2D eigenvalue weighted by Gasteiger charge is 2.33. The maximum Gasteiger partial charge on any atom is 0.514 e. The van der Waals surface area contributed by atoms with E-state index >= 15 is 0 Å². The summed E-state index contributed by atoms with van der Waals surface area (Å²) >= 11 is 0. The van der Waals surface area contributed by atoms with Crippen LogP contribution in [-0.2, 0) is 23.7 Å². The summed E-state index contributed by atoms with van der Waals surface area (Å²) in [7, 11) is 0. The van der Waals surface area contributed by atoms with Crippen LogP contribution in [0.3, 0.4) is 0 Å². The van der Waals surface area contributed by atoms with Crippen molar-refractivity contribution in [2.24, 2.45) is 23.5 Å². The minimum absolute atomic E-state index is 0.000807. The SMILES string of the molecule is CC(C)C(C)OC(=O)Oc1ccc(C(C(C)COC(=O)OC(C)(C)C)[C@H](N)C(=O)O)cc1OC(=O)OC(C)C(C)C. The summed E-state index contributed by atoms with van der Waals surface area (Å²) in [5.74, 6) is -3.22. The second kappa shape index (κ2) is 15.5. The van der Waals surface area contributed by atoms with E-state index in [1.54, 1.807) is 41.5 Å². The molecular weight excluding hydrogens is 538 g/mol. The third-order valence-electron chi connectivity index (χ3n) is 6.32. The first-order valence-corrected chi connectivity index (χ1v) is 13.6. The number of rotatable bonds is 12. The second-order valence-corrected chi connectivity index (χ2v) is 11.7. The quantitative estimate of drug-likeness (QED) is 0.170. The topological polar surface area (TPSA) is 170 Å². The first kappa shape index (κ1) is 35.5. The van der Waals surface area contributed by atoms with Crippen LogP contribution >= 0.6 is 0 Å². The van der Waals surface area contributed by atoms with Gasteiger partial charge in [0.05, 0.1) is 6.61 Å². The first-order valence-electron chi connectivity index (χ1n) is 13.6. The number of nitrogens with two attached hydrogens (primary N) is 1. The molecule has 3 N–H and O–H groups in total. The number of carboxylic acids is 1. The maximum atomic E-state index is 12.6. The molecule has 0 saturated carbocycles. The second-order valence-electron chi connectivity index (χ2n) is 11.7. The van der Waals surface area contributed by atoms with E-state index in [0.717, 1.165) is 0 Å². The minimum Gasteiger partial charge on any atom is -0.480 e. The van der Waals surface area contributed by atoms with Gasteiger partial charge in [0.1, 0.15) is 23.9 Å². The molecule has 0 aromatic heterocycles. The van der Waals surface area contributed by atoms with E-state index in [1.165, 1.54) is 18.2 Å². The van der Waals surface area contributed by atoms with Crippen molar-refractivity contribution in [3.05, 3.63) is 23.8 Å². The van der Waals surface area contributed by atoms with E-state index in [9.17, 15) is 24.3 Å². The molecule has 0 aliphatic rings. The Morgan fingerprint density at radius 3 is 1.73 bits per heavy atom. The molecule has 1 rings (SSSR count). The Labute approximate surface area is 241 Å². The maximum absolute atomic E-state index is 12.6. The summed E-state index contributed by atoms with van der Waals surface area (Å²) in [6, 6.07) is 2.69. The Bertz CT molecular complexity index is 1050. The lowest BCUT2D eigenvalue weighted by molar-refractivity contribution is -0.139. The Kier molecular flexibility index (Phi) is 13.4. The van der Waals surface area contributed by atoms with Gasteiger partial charge < -0.3 is 39.3 Å².